The number of fused-ring (bicyclic) bond motifs is 1. The number of benzene rings is 1. The van der Waals surface area contributed by atoms with E-state index >= 15 is 0 Å². The minimum absolute atomic E-state index is 0.0381. The molecule has 0 aliphatic carbocycles. The van der Waals surface area contributed by atoms with Crippen LogP contribution in [0.15, 0.2) is 30.4 Å². The number of hydrogen-bond acceptors (Lipinski definition) is 4. The first-order valence-electron chi connectivity index (χ1n) is 7.57. The van der Waals surface area contributed by atoms with E-state index in [-0.39, 0.29) is 5.91 Å². The molecule has 2 aromatic rings. The molecule has 3 rings (SSSR count). The van der Waals surface area contributed by atoms with Crippen LogP contribution in [0.2, 0.25) is 0 Å². The molecule has 1 atom stereocenters. The third-order valence-corrected chi connectivity index (χ3v) is 4.66. The van der Waals surface area contributed by atoms with Gasteiger partial charge in [0.2, 0.25) is 0 Å². The quantitative estimate of drug-likeness (QED) is 0.796. The van der Waals surface area contributed by atoms with E-state index in [0.29, 0.717) is 6.54 Å². The van der Waals surface area contributed by atoms with E-state index in [4.69, 9.17) is 4.74 Å². The molecule has 0 saturated carbocycles. The number of ether oxygens (including phenoxy) is 1. The van der Waals surface area contributed by atoms with Crippen LogP contribution < -0.4 is 9.64 Å². The van der Waals surface area contributed by atoms with E-state index < -0.39 is 6.10 Å². The Kier molecular flexibility index (Phi) is 3.98. The molecule has 4 nitrogen and oxygen atoms in total. The summed E-state index contributed by atoms with van der Waals surface area (Å²) >= 11 is 1.68. The maximum Gasteiger partial charge on any atom is 0.268 e. The van der Waals surface area contributed by atoms with Gasteiger partial charge in [0.1, 0.15) is 5.75 Å². The fourth-order valence-corrected chi connectivity index (χ4v) is 3.62. The van der Waals surface area contributed by atoms with Crippen LogP contribution in [0.3, 0.4) is 0 Å². The smallest absolute Gasteiger partial charge is 0.268 e. The van der Waals surface area contributed by atoms with Gasteiger partial charge in [0, 0.05) is 17.0 Å². The fourth-order valence-electron chi connectivity index (χ4n) is 2.78. The number of rotatable bonds is 3. The van der Waals surface area contributed by atoms with Crippen molar-refractivity contribution in [1.29, 1.82) is 0 Å². The number of carbonyl (C=O) groups excluding carboxylic acids is 1. The lowest BCUT2D eigenvalue weighted by Crippen LogP contribution is -2.45. The molecule has 1 aliphatic rings. The van der Waals surface area contributed by atoms with E-state index in [2.05, 4.69) is 18.5 Å². The predicted octanol–water partition coefficient (Wildman–Crippen LogP) is 4.12. The maximum atomic E-state index is 12.5. The first-order valence-corrected chi connectivity index (χ1v) is 8.39. The minimum Gasteiger partial charge on any atom is -0.479 e. The van der Waals surface area contributed by atoms with Gasteiger partial charge in [-0.1, -0.05) is 12.2 Å². The third-order valence-electron chi connectivity index (χ3n) is 3.77. The number of amides is 1. The van der Waals surface area contributed by atoms with Crippen molar-refractivity contribution in [2.24, 2.45) is 0 Å². The van der Waals surface area contributed by atoms with Gasteiger partial charge in [-0.3, -0.25) is 4.79 Å². The second-order valence-electron chi connectivity index (χ2n) is 5.96. The van der Waals surface area contributed by atoms with Crippen LogP contribution in [0.4, 0.5) is 5.69 Å². The zero-order valence-corrected chi connectivity index (χ0v) is 14.7. The highest BCUT2D eigenvalue weighted by Crippen LogP contribution is 2.39. The second kappa shape index (κ2) is 5.81. The zero-order valence-electron chi connectivity index (χ0n) is 13.8. The zero-order chi connectivity index (χ0) is 16.7. The largest absolute Gasteiger partial charge is 0.479 e. The number of nitrogens with zero attached hydrogens (tertiary/aromatic N) is 2. The van der Waals surface area contributed by atoms with Crippen LogP contribution in [0, 0.1) is 13.8 Å². The van der Waals surface area contributed by atoms with Crippen molar-refractivity contribution in [3.8, 4) is 17.0 Å². The molecule has 0 saturated heterocycles. The summed E-state index contributed by atoms with van der Waals surface area (Å²) in [6.07, 6.45) is -0.476. The van der Waals surface area contributed by atoms with Gasteiger partial charge in [0.15, 0.2) is 6.10 Å². The molecule has 1 aliphatic heterocycles. The first-order chi connectivity index (χ1) is 10.9. The SMILES string of the molecule is C=C(C)CN1C(=O)C(C)Oc2ccc(-c3nc(C)sc3C)cc21. The van der Waals surface area contributed by atoms with Crippen LogP contribution in [-0.2, 0) is 4.79 Å². The second-order valence-corrected chi connectivity index (χ2v) is 7.37. The van der Waals surface area contributed by atoms with E-state index in [0.717, 1.165) is 33.3 Å². The summed E-state index contributed by atoms with van der Waals surface area (Å²) in [6.45, 7) is 12.2. The molecule has 23 heavy (non-hydrogen) atoms. The summed E-state index contributed by atoms with van der Waals surface area (Å²) in [5, 5.41) is 1.04. The number of anilines is 1. The lowest BCUT2D eigenvalue weighted by Gasteiger charge is -2.33. The van der Waals surface area contributed by atoms with Gasteiger partial charge in [-0.2, -0.15) is 0 Å². The molecular weight excluding hydrogens is 308 g/mol. The Bertz CT molecular complexity index is 794. The van der Waals surface area contributed by atoms with E-state index in [9.17, 15) is 4.79 Å². The Morgan fingerprint density at radius 1 is 1.43 bits per heavy atom. The highest BCUT2D eigenvalue weighted by atomic mass is 32.1. The highest BCUT2D eigenvalue weighted by molar-refractivity contribution is 7.11. The monoisotopic (exact) mass is 328 g/mol. The normalized spacial score (nSPS) is 17.0. The average molecular weight is 328 g/mol. The average Bonchev–Trinajstić information content (AvgIpc) is 2.82. The summed E-state index contributed by atoms with van der Waals surface area (Å²) in [5.41, 5.74) is 3.70. The van der Waals surface area contributed by atoms with Crippen LogP contribution in [0.5, 0.6) is 5.75 Å². The predicted molar refractivity (Wildman–Crippen MR) is 94.3 cm³/mol. The van der Waals surface area contributed by atoms with Crippen molar-refractivity contribution in [2.45, 2.75) is 33.8 Å². The first kappa shape index (κ1) is 15.7. The molecule has 1 aromatic heterocycles. The molecule has 0 spiro atoms. The topological polar surface area (TPSA) is 42.4 Å². The minimum atomic E-state index is -0.476. The highest BCUT2D eigenvalue weighted by Gasteiger charge is 2.31. The third kappa shape index (κ3) is 2.88. The molecule has 0 N–H and O–H groups in total. The number of carbonyl (C=O) groups is 1. The van der Waals surface area contributed by atoms with E-state index in [1.807, 2.05) is 32.0 Å². The van der Waals surface area contributed by atoms with Gasteiger partial charge in [-0.25, -0.2) is 4.98 Å². The van der Waals surface area contributed by atoms with Crippen LogP contribution >= 0.6 is 11.3 Å². The van der Waals surface area contributed by atoms with Crippen LogP contribution in [-0.4, -0.2) is 23.5 Å². The molecule has 0 radical (unpaired) electrons. The Morgan fingerprint density at radius 3 is 2.78 bits per heavy atom. The number of thiazole rings is 1. The van der Waals surface area contributed by atoms with Crippen molar-refractivity contribution in [1.82, 2.24) is 4.98 Å². The Hall–Kier alpha value is -2.14. The Morgan fingerprint density at radius 2 is 2.17 bits per heavy atom. The summed E-state index contributed by atoms with van der Waals surface area (Å²) in [4.78, 5) is 20.0. The molecule has 120 valence electrons. The number of hydrogen-bond donors (Lipinski definition) is 0. The van der Waals surface area contributed by atoms with Gasteiger partial charge in [0.05, 0.1) is 16.4 Å². The maximum absolute atomic E-state index is 12.5. The summed E-state index contributed by atoms with van der Waals surface area (Å²) in [7, 11) is 0. The van der Waals surface area contributed by atoms with Crippen LogP contribution in [0.25, 0.3) is 11.3 Å². The van der Waals surface area contributed by atoms with Gasteiger partial charge in [-0.05, 0) is 45.9 Å². The van der Waals surface area contributed by atoms with Crippen molar-refractivity contribution in [3.63, 3.8) is 0 Å². The van der Waals surface area contributed by atoms with Crippen LogP contribution in [0.1, 0.15) is 23.7 Å². The standard InChI is InChI=1S/C18H20N2O2S/c1-10(2)9-20-15-8-14(17-12(4)23-13(5)19-17)6-7-16(15)22-11(3)18(20)21/h6-8,11H,1,9H2,2-5H3. The van der Waals surface area contributed by atoms with E-state index in [1.165, 1.54) is 4.88 Å². The van der Waals surface area contributed by atoms with Crippen molar-refractivity contribution >= 4 is 22.9 Å². The summed E-state index contributed by atoms with van der Waals surface area (Å²) in [6, 6.07) is 5.92. The molecule has 1 unspecified atom stereocenters. The molecule has 0 bridgehead atoms. The fraction of sp³-hybridized carbons (Fsp3) is 0.333. The molecule has 2 heterocycles. The van der Waals surface area contributed by atoms with Gasteiger partial charge >= 0.3 is 0 Å². The molecule has 1 aromatic carbocycles. The Labute approximate surface area is 140 Å². The lowest BCUT2D eigenvalue weighted by atomic mass is 10.1. The van der Waals surface area contributed by atoms with E-state index in [1.54, 1.807) is 23.2 Å². The summed E-state index contributed by atoms with van der Waals surface area (Å²) in [5.74, 6) is 0.690. The molecule has 5 heteroatoms. The number of aryl methyl sites for hydroxylation is 2. The van der Waals surface area contributed by atoms with Gasteiger partial charge in [0.25, 0.3) is 5.91 Å². The van der Waals surface area contributed by atoms with Crippen molar-refractivity contribution in [2.75, 3.05) is 11.4 Å². The molecule has 1 amide bonds. The lowest BCUT2D eigenvalue weighted by molar-refractivity contribution is -0.125. The van der Waals surface area contributed by atoms with Gasteiger partial charge in [-0.15, -0.1) is 11.3 Å². The van der Waals surface area contributed by atoms with Crippen molar-refractivity contribution < 1.29 is 9.53 Å². The Balaban J connectivity index is 2.10. The number of aromatic nitrogens is 1. The van der Waals surface area contributed by atoms with Crippen molar-refractivity contribution in [3.05, 3.63) is 40.2 Å². The molecular formula is C18H20N2O2S. The summed E-state index contributed by atoms with van der Waals surface area (Å²) < 4.78 is 5.74. The molecule has 0 fully saturated rings. The van der Waals surface area contributed by atoms with Gasteiger partial charge < -0.3 is 9.64 Å².